The maximum atomic E-state index is 13.0. The van der Waals surface area contributed by atoms with Crippen molar-refractivity contribution in [1.82, 2.24) is 9.88 Å². The van der Waals surface area contributed by atoms with Gasteiger partial charge in [-0.3, -0.25) is 4.79 Å². The van der Waals surface area contributed by atoms with Gasteiger partial charge >= 0.3 is 0 Å². The molecule has 1 aliphatic rings. The van der Waals surface area contributed by atoms with Crippen LogP contribution in [-0.4, -0.2) is 55.2 Å². The second-order valence-electron chi connectivity index (χ2n) is 6.68. The zero-order chi connectivity index (χ0) is 20.8. The number of benzene rings is 1. The van der Waals surface area contributed by atoms with Gasteiger partial charge in [0.25, 0.3) is 5.91 Å². The lowest BCUT2D eigenvalue weighted by molar-refractivity contribution is 0.0746. The first-order chi connectivity index (χ1) is 14.0. The second kappa shape index (κ2) is 10.0. The molecule has 8 heteroatoms. The largest absolute Gasteiger partial charge is 0.490 e. The SMILES string of the molecule is CCCOc1c(Cl)cc(C(=O)N2CCN(c3ccc(Cl)cn3)CC2)cc1OCC. The van der Waals surface area contributed by atoms with Gasteiger partial charge in [-0.05, 0) is 37.6 Å². The molecule has 29 heavy (non-hydrogen) atoms. The fraction of sp³-hybridized carbons (Fsp3) is 0.429. The normalized spacial score (nSPS) is 14.1. The van der Waals surface area contributed by atoms with E-state index in [1.165, 1.54) is 0 Å². The third kappa shape index (κ3) is 5.25. The van der Waals surface area contributed by atoms with Crippen molar-refractivity contribution < 1.29 is 14.3 Å². The zero-order valence-electron chi connectivity index (χ0n) is 16.7. The van der Waals surface area contributed by atoms with E-state index >= 15 is 0 Å². The summed E-state index contributed by atoms with van der Waals surface area (Å²) >= 11 is 12.3. The summed E-state index contributed by atoms with van der Waals surface area (Å²) in [7, 11) is 0. The number of carbonyl (C=O) groups excluding carboxylic acids is 1. The van der Waals surface area contributed by atoms with Crippen LogP contribution in [-0.2, 0) is 0 Å². The van der Waals surface area contributed by atoms with Gasteiger partial charge in [0.05, 0.1) is 23.3 Å². The summed E-state index contributed by atoms with van der Waals surface area (Å²) in [4.78, 5) is 21.4. The first-order valence-electron chi connectivity index (χ1n) is 9.78. The third-order valence-corrected chi connectivity index (χ3v) is 5.11. The minimum atomic E-state index is -0.0707. The topological polar surface area (TPSA) is 54.9 Å². The Labute approximate surface area is 181 Å². The summed E-state index contributed by atoms with van der Waals surface area (Å²) in [6.45, 7) is 7.49. The van der Waals surface area contributed by atoms with E-state index in [9.17, 15) is 4.79 Å². The number of hydrogen-bond acceptors (Lipinski definition) is 5. The van der Waals surface area contributed by atoms with Crippen molar-refractivity contribution in [3.63, 3.8) is 0 Å². The Bertz CT molecular complexity index is 838. The van der Waals surface area contributed by atoms with Crippen molar-refractivity contribution in [2.75, 3.05) is 44.3 Å². The molecule has 156 valence electrons. The fourth-order valence-corrected chi connectivity index (χ4v) is 3.55. The highest BCUT2D eigenvalue weighted by Gasteiger charge is 2.25. The number of amides is 1. The number of hydrogen-bond donors (Lipinski definition) is 0. The minimum absolute atomic E-state index is 0.0707. The number of halogens is 2. The van der Waals surface area contributed by atoms with Crippen LogP contribution < -0.4 is 14.4 Å². The lowest BCUT2D eigenvalue weighted by Crippen LogP contribution is -2.49. The summed E-state index contributed by atoms with van der Waals surface area (Å²) in [6, 6.07) is 7.09. The van der Waals surface area contributed by atoms with Gasteiger partial charge in [0.1, 0.15) is 5.82 Å². The summed E-state index contributed by atoms with van der Waals surface area (Å²) in [5.41, 5.74) is 0.500. The molecule has 0 saturated carbocycles. The van der Waals surface area contributed by atoms with E-state index in [0.717, 1.165) is 12.2 Å². The van der Waals surface area contributed by atoms with Crippen molar-refractivity contribution >= 4 is 34.9 Å². The van der Waals surface area contributed by atoms with Crippen LogP contribution in [0, 0.1) is 0 Å². The minimum Gasteiger partial charge on any atom is -0.490 e. The van der Waals surface area contributed by atoms with E-state index in [4.69, 9.17) is 32.7 Å². The molecule has 6 nitrogen and oxygen atoms in total. The van der Waals surface area contributed by atoms with E-state index in [1.807, 2.05) is 30.9 Å². The Morgan fingerprint density at radius 1 is 1.10 bits per heavy atom. The van der Waals surface area contributed by atoms with Gasteiger partial charge in [0, 0.05) is 37.9 Å². The predicted molar refractivity (Wildman–Crippen MR) is 116 cm³/mol. The third-order valence-electron chi connectivity index (χ3n) is 4.61. The maximum Gasteiger partial charge on any atom is 0.254 e. The van der Waals surface area contributed by atoms with E-state index in [0.29, 0.717) is 66.5 Å². The van der Waals surface area contributed by atoms with Crippen LogP contribution in [0.5, 0.6) is 11.5 Å². The Kier molecular flexibility index (Phi) is 7.45. The Morgan fingerprint density at radius 2 is 1.86 bits per heavy atom. The highest BCUT2D eigenvalue weighted by atomic mass is 35.5. The van der Waals surface area contributed by atoms with Crippen LogP contribution in [0.3, 0.4) is 0 Å². The van der Waals surface area contributed by atoms with Crippen molar-refractivity contribution in [1.29, 1.82) is 0 Å². The average molecular weight is 438 g/mol. The molecule has 2 aromatic rings. The van der Waals surface area contributed by atoms with Gasteiger partial charge in [-0.2, -0.15) is 0 Å². The monoisotopic (exact) mass is 437 g/mol. The number of anilines is 1. The van der Waals surface area contributed by atoms with E-state index in [2.05, 4.69) is 9.88 Å². The molecule has 0 unspecified atom stereocenters. The smallest absolute Gasteiger partial charge is 0.254 e. The van der Waals surface area contributed by atoms with Gasteiger partial charge in [-0.1, -0.05) is 30.1 Å². The molecule has 1 aromatic carbocycles. The van der Waals surface area contributed by atoms with E-state index < -0.39 is 0 Å². The van der Waals surface area contributed by atoms with Gasteiger partial charge in [-0.15, -0.1) is 0 Å². The molecular formula is C21H25Cl2N3O3. The van der Waals surface area contributed by atoms with E-state index in [1.54, 1.807) is 18.3 Å². The van der Waals surface area contributed by atoms with Crippen molar-refractivity contribution in [2.24, 2.45) is 0 Å². The molecule has 1 saturated heterocycles. The van der Waals surface area contributed by atoms with Gasteiger partial charge < -0.3 is 19.3 Å². The van der Waals surface area contributed by atoms with Crippen molar-refractivity contribution in [2.45, 2.75) is 20.3 Å². The lowest BCUT2D eigenvalue weighted by atomic mass is 10.1. The number of carbonyl (C=O) groups is 1. The molecule has 0 spiro atoms. The standard InChI is InChI=1S/C21H25Cl2N3O3/c1-3-11-29-20-17(23)12-15(13-18(20)28-4-2)21(27)26-9-7-25(8-10-26)19-6-5-16(22)14-24-19/h5-6,12-14H,3-4,7-11H2,1-2H3. The first kappa shape index (κ1) is 21.5. The Hall–Kier alpha value is -2.18. The number of nitrogens with zero attached hydrogens (tertiary/aromatic N) is 3. The van der Waals surface area contributed by atoms with Gasteiger partial charge in [-0.25, -0.2) is 4.98 Å². The van der Waals surface area contributed by atoms with Crippen LogP contribution in [0.4, 0.5) is 5.82 Å². The molecule has 3 rings (SSSR count). The summed E-state index contributed by atoms with van der Waals surface area (Å²) in [5, 5.41) is 0.993. The number of ether oxygens (including phenoxy) is 2. The fourth-order valence-electron chi connectivity index (χ4n) is 3.17. The lowest BCUT2D eigenvalue weighted by Gasteiger charge is -2.35. The quantitative estimate of drug-likeness (QED) is 0.636. The molecule has 1 amide bonds. The Balaban J connectivity index is 1.71. The molecule has 1 aromatic heterocycles. The molecule has 0 radical (unpaired) electrons. The molecular weight excluding hydrogens is 413 g/mol. The number of piperazine rings is 1. The van der Waals surface area contributed by atoms with Crippen LogP contribution in [0.2, 0.25) is 10.0 Å². The van der Waals surface area contributed by atoms with Crippen LogP contribution >= 0.6 is 23.2 Å². The highest BCUT2D eigenvalue weighted by Crippen LogP contribution is 2.37. The first-order valence-corrected chi connectivity index (χ1v) is 10.5. The highest BCUT2D eigenvalue weighted by molar-refractivity contribution is 6.32. The van der Waals surface area contributed by atoms with Crippen LogP contribution in [0.25, 0.3) is 0 Å². The zero-order valence-corrected chi connectivity index (χ0v) is 18.2. The summed E-state index contributed by atoms with van der Waals surface area (Å²) in [6.07, 6.45) is 2.49. The summed E-state index contributed by atoms with van der Waals surface area (Å²) in [5.74, 6) is 1.78. The molecule has 1 fully saturated rings. The van der Waals surface area contributed by atoms with Crippen molar-refractivity contribution in [3.8, 4) is 11.5 Å². The average Bonchev–Trinajstić information content (AvgIpc) is 2.73. The van der Waals surface area contributed by atoms with Crippen LogP contribution in [0.1, 0.15) is 30.6 Å². The van der Waals surface area contributed by atoms with Crippen LogP contribution in [0.15, 0.2) is 30.5 Å². The predicted octanol–water partition coefficient (Wildman–Crippen LogP) is 4.54. The molecule has 0 atom stereocenters. The number of rotatable bonds is 7. The maximum absolute atomic E-state index is 13.0. The van der Waals surface area contributed by atoms with Crippen molar-refractivity contribution in [3.05, 3.63) is 46.1 Å². The molecule has 0 aliphatic carbocycles. The molecule has 1 aliphatic heterocycles. The Morgan fingerprint density at radius 3 is 2.48 bits per heavy atom. The molecule has 0 bridgehead atoms. The number of aromatic nitrogens is 1. The van der Waals surface area contributed by atoms with Gasteiger partial charge in [0.2, 0.25) is 0 Å². The van der Waals surface area contributed by atoms with E-state index in [-0.39, 0.29) is 5.91 Å². The molecule has 0 N–H and O–H groups in total. The van der Waals surface area contributed by atoms with Gasteiger partial charge in [0.15, 0.2) is 11.5 Å². The molecule has 2 heterocycles. The second-order valence-corrected chi connectivity index (χ2v) is 7.52. The number of pyridine rings is 1. The summed E-state index contributed by atoms with van der Waals surface area (Å²) < 4.78 is 11.4.